The van der Waals surface area contributed by atoms with Crippen molar-refractivity contribution in [2.45, 2.75) is 0 Å². The van der Waals surface area contributed by atoms with Crippen molar-refractivity contribution in [3.63, 3.8) is 0 Å². The highest BCUT2D eigenvalue weighted by atomic mass is 16.0. The van der Waals surface area contributed by atoms with Crippen molar-refractivity contribution in [3.05, 3.63) is 84.9 Å². The van der Waals surface area contributed by atoms with E-state index in [-0.39, 0.29) is 0 Å². The second-order valence-corrected chi connectivity index (χ2v) is 5.79. The number of fused-ring (bicyclic) bond motifs is 1. The number of hydrogen-bond acceptors (Lipinski definition) is 6. The van der Waals surface area contributed by atoms with Crippen molar-refractivity contribution in [2.75, 3.05) is 10.2 Å². The van der Waals surface area contributed by atoms with Gasteiger partial charge >= 0.3 is 0 Å². The van der Waals surface area contributed by atoms with E-state index in [1.54, 1.807) is 5.12 Å². The smallest absolute Gasteiger partial charge is 0.242 e. The fraction of sp³-hybridized carbons (Fsp3) is 0. The third-order valence-corrected chi connectivity index (χ3v) is 4.05. The van der Waals surface area contributed by atoms with Crippen LogP contribution in [-0.2, 0) is 0 Å². The molecule has 1 aliphatic rings. The number of hydrazine groups is 2. The van der Waals surface area contributed by atoms with Crippen LogP contribution < -0.4 is 15.7 Å². The molecule has 7 heteroatoms. The molecule has 7 nitrogen and oxygen atoms in total. The Morgan fingerprint density at radius 1 is 0.615 bits per heavy atom. The average molecular weight is 341 g/mol. The van der Waals surface area contributed by atoms with Gasteiger partial charge in [0.05, 0.1) is 11.4 Å². The van der Waals surface area contributed by atoms with E-state index in [2.05, 4.69) is 20.7 Å². The minimum atomic E-state index is 0.522. The van der Waals surface area contributed by atoms with E-state index in [1.165, 1.54) is 4.80 Å². The summed E-state index contributed by atoms with van der Waals surface area (Å²) in [6.45, 7) is 0. The van der Waals surface area contributed by atoms with E-state index < -0.39 is 0 Å². The number of hydrogen-bond donors (Lipinski definition) is 1. The molecule has 26 heavy (non-hydrogen) atoms. The molecule has 0 aliphatic carbocycles. The first-order valence-corrected chi connectivity index (χ1v) is 8.26. The molecule has 0 unspecified atom stereocenters. The minimum Gasteiger partial charge on any atom is -0.242 e. The van der Waals surface area contributed by atoms with E-state index in [4.69, 9.17) is 0 Å². The van der Waals surface area contributed by atoms with E-state index >= 15 is 0 Å². The van der Waals surface area contributed by atoms with Crippen LogP contribution in [0.3, 0.4) is 0 Å². The van der Waals surface area contributed by atoms with Gasteiger partial charge in [0.15, 0.2) is 0 Å². The summed E-state index contributed by atoms with van der Waals surface area (Å²) in [5.41, 5.74) is 6.80. The number of benzene rings is 3. The van der Waals surface area contributed by atoms with Crippen LogP contribution in [0.5, 0.6) is 0 Å². The van der Waals surface area contributed by atoms with E-state index in [0.717, 1.165) is 22.4 Å². The molecule has 1 aliphatic heterocycles. The Morgan fingerprint density at radius 2 is 1.15 bits per heavy atom. The molecular formula is C19H15N7. The summed E-state index contributed by atoms with van der Waals surface area (Å²) >= 11 is 0. The largest absolute Gasteiger partial charge is 0.282 e. The number of rotatable bonds is 2. The van der Waals surface area contributed by atoms with Crippen molar-refractivity contribution in [3.8, 4) is 0 Å². The van der Waals surface area contributed by atoms with Crippen LogP contribution in [0.15, 0.2) is 90.0 Å². The van der Waals surface area contributed by atoms with Gasteiger partial charge in [-0.2, -0.15) is 5.12 Å². The first kappa shape index (κ1) is 14.5. The van der Waals surface area contributed by atoms with Gasteiger partial charge in [-0.3, -0.25) is 0 Å². The van der Waals surface area contributed by atoms with Gasteiger partial charge in [0.2, 0.25) is 0 Å². The van der Waals surface area contributed by atoms with Crippen LogP contribution in [0.4, 0.5) is 11.4 Å². The molecule has 3 aromatic carbocycles. The number of para-hydroxylation sites is 2. The third-order valence-electron chi connectivity index (χ3n) is 4.05. The maximum Gasteiger partial charge on any atom is 0.282 e. The van der Waals surface area contributed by atoms with Crippen molar-refractivity contribution < 1.29 is 0 Å². The fourth-order valence-electron chi connectivity index (χ4n) is 2.82. The molecule has 0 saturated heterocycles. The van der Waals surface area contributed by atoms with E-state index in [0.29, 0.717) is 5.96 Å². The number of hydrazone groups is 1. The summed E-state index contributed by atoms with van der Waals surface area (Å²) in [6, 6.07) is 27.6. The zero-order valence-corrected chi connectivity index (χ0v) is 13.8. The summed E-state index contributed by atoms with van der Waals surface area (Å²) in [5.74, 6) is 0.522. The van der Waals surface area contributed by atoms with Crippen LogP contribution in [0.2, 0.25) is 0 Å². The molecule has 0 fully saturated rings. The number of nitrogens with one attached hydrogen (secondary N) is 1. The molecule has 0 bridgehead atoms. The molecule has 1 aromatic heterocycles. The predicted octanol–water partition coefficient (Wildman–Crippen LogP) is 3.00. The number of anilines is 2. The highest BCUT2D eigenvalue weighted by molar-refractivity contribution is 5.88. The molecule has 1 N–H and O–H groups in total. The SMILES string of the molecule is c1ccc(N2N=C(n3nc4ccccc4n3)NN2c2ccccc2)cc1. The van der Waals surface area contributed by atoms with Crippen molar-refractivity contribution >= 4 is 28.4 Å². The Hall–Kier alpha value is -3.87. The lowest BCUT2D eigenvalue weighted by molar-refractivity contribution is 0.741. The van der Waals surface area contributed by atoms with Crippen LogP contribution in [-0.4, -0.2) is 21.0 Å². The average Bonchev–Trinajstić information content (AvgIpc) is 3.34. The Morgan fingerprint density at radius 3 is 1.77 bits per heavy atom. The summed E-state index contributed by atoms with van der Waals surface area (Å²) in [4.78, 5) is 1.52. The standard InChI is InChI=1S/C19H15N7/c1-3-9-15(10-4-1)25-22-19(23-26(25)16-11-5-2-6-12-16)24-20-17-13-7-8-14-18(17)21-24/h1-14H,(H,22,23). The van der Waals surface area contributed by atoms with Crippen molar-refractivity contribution in [1.29, 1.82) is 0 Å². The second-order valence-electron chi connectivity index (χ2n) is 5.79. The Labute approximate surface area is 149 Å². The molecule has 5 rings (SSSR count). The Kier molecular flexibility index (Phi) is 3.28. The molecule has 0 amide bonds. The molecule has 2 heterocycles. The lowest BCUT2D eigenvalue weighted by atomic mass is 10.3. The van der Waals surface area contributed by atoms with Crippen molar-refractivity contribution in [2.24, 2.45) is 5.10 Å². The third kappa shape index (κ3) is 2.42. The highest BCUT2D eigenvalue weighted by Crippen LogP contribution is 2.24. The van der Waals surface area contributed by atoms with E-state index in [1.807, 2.05) is 90.0 Å². The van der Waals surface area contributed by atoms with Crippen LogP contribution in [0.1, 0.15) is 0 Å². The minimum absolute atomic E-state index is 0.522. The first-order valence-electron chi connectivity index (χ1n) is 8.26. The van der Waals surface area contributed by atoms with Crippen molar-refractivity contribution in [1.82, 2.24) is 20.4 Å². The molecular weight excluding hydrogens is 326 g/mol. The van der Waals surface area contributed by atoms with Gasteiger partial charge in [0, 0.05) is 0 Å². The summed E-state index contributed by atoms with van der Waals surface area (Å²) in [7, 11) is 0. The molecule has 0 spiro atoms. The van der Waals surface area contributed by atoms with Gasteiger partial charge in [-0.05, 0) is 36.4 Å². The molecule has 0 saturated carbocycles. The summed E-state index contributed by atoms with van der Waals surface area (Å²) in [5, 5.41) is 17.4. The van der Waals surface area contributed by atoms with Gasteiger partial charge in [-0.25, -0.2) is 5.43 Å². The normalized spacial score (nSPS) is 13.8. The number of aromatic nitrogens is 3. The maximum absolute atomic E-state index is 4.68. The predicted molar refractivity (Wildman–Crippen MR) is 101 cm³/mol. The lowest BCUT2D eigenvalue weighted by Gasteiger charge is -2.27. The zero-order valence-electron chi connectivity index (χ0n) is 13.8. The van der Waals surface area contributed by atoms with Crippen LogP contribution in [0, 0.1) is 0 Å². The second kappa shape index (κ2) is 5.89. The highest BCUT2D eigenvalue weighted by Gasteiger charge is 2.27. The van der Waals surface area contributed by atoms with Crippen LogP contribution >= 0.6 is 0 Å². The quantitative estimate of drug-likeness (QED) is 0.607. The van der Waals surface area contributed by atoms with E-state index in [9.17, 15) is 0 Å². The number of nitrogens with zero attached hydrogens (tertiary/aromatic N) is 6. The molecule has 0 radical (unpaired) electrons. The zero-order chi connectivity index (χ0) is 17.3. The fourth-order valence-corrected chi connectivity index (χ4v) is 2.82. The van der Waals surface area contributed by atoms with Gasteiger partial charge in [-0.1, -0.05) is 48.5 Å². The Balaban J connectivity index is 1.58. The van der Waals surface area contributed by atoms with Crippen LogP contribution in [0.25, 0.3) is 11.0 Å². The van der Waals surface area contributed by atoms with Gasteiger partial charge in [0.25, 0.3) is 5.96 Å². The topological polar surface area (TPSA) is 61.6 Å². The maximum atomic E-state index is 4.68. The molecule has 126 valence electrons. The van der Waals surface area contributed by atoms with Gasteiger partial charge < -0.3 is 0 Å². The van der Waals surface area contributed by atoms with Gasteiger partial charge in [-0.15, -0.1) is 25.2 Å². The monoisotopic (exact) mass is 341 g/mol. The first-order chi connectivity index (χ1) is 12.9. The molecule has 4 aromatic rings. The summed E-state index contributed by atoms with van der Waals surface area (Å²) < 4.78 is 0. The Bertz CT molecular complexity index is 1040. The molecule has 0 atom stereocenters. The lowest BCUT2D eigenvalue weighted by Crippen LogP contribution is -2.46. The summed E-state index contributed by atoms with van der Waals surface area (Å²) in [6.07, 6.45) is 0. The van der Waals surface area contributed by atoms with Gasteiger partial charge in [0.1, 0.15) is 11.0 Å².